The van der Waals surface area contributed by atoms with Gasteiger partial charge >= 0.3 is 0 Å². The van der Waals surface area contributed by atoms with Crippen LogP contribution in [0.25, 0.3) is 0 Å². The molecule has 2 saturated carbocycles. The van der Waals surface area contributed by atoms with Crippen molar-refractivity contribution < 1.29 is 8.85 Å². The van der Waals surface area contributed by atoms with Crippen LogP contribution < -0.4 is 9.64 Å². The standard InChI is InChI=1S/C37H48BrNO/c1-24-18-28(22-30(19-24)40-29-13-11-12-25(20-29)34(2,3)4)39(32-21-26(35(5,6)7)14-15-31(32)38)33-36(8,9)27-16-17-37(33,10)23-27/h11-15,18-22,27,33H,16-17,23H2,1-10H3/i1D3. The third-order valence-corrected chi connectivity index (χ3v) is 10.3. The molecule has 2 fully saturated rings. The molecular weight excluding hydrogens is 554 g/mol. The summed E-state index contributed by atoms with van der Waals surface area (Å²) >= 11 is 3.92. The average Bonchev–Trinajstić information content (AvgIpc) is 3.36. The van der Waals surface area contributed by atoms with E-state index in [1.165, 1.54) is 30.4 Å². The third-order valence-electron chi connectivity index (χ3n) is 9.63. The Morgan fingerprint density at radius 3 is 2.20 bits per heavy atom. The molecule has 3 unspecified atom stereocenters. The molecule has 3 aromatic rings. The van der Waals surface area contributed by atoms with E-state index >= 15 is 0 Å². The van der Waals surface area contributed by atoms with Gasteiger partial charge in [-0.15, -0.1) is 0 Å². The highest BCUT2D eigenvalue weighted by Crippen LogP contribution is 2.65. The molecule has 0 saturated heterocycles. The van der Waals surface area contributed by atoms with Gasteiger partial charge in [0.15, 0.2) is 0 Å². The van der Waals surface area contributed by atoms with Crippen LogP contribution in [0.5, 0.6) is 11.5 Å². The first-order valence-corrected chi connectivity index (χ1v) is 15.5. The number of aryl methyl sites for hydroxylation is 1. The van der Waals surface area contributed by atoms with Crippen molar-refractivity contribution in [2.45, 2.75) is 105 Å². The van der Waals surface area contributed by atoms with E-state index in [0.29, 0.717) is 17.4 Å². The summed E-state index contributed by atoms with van der Waals surface area (Å²) < 4.78 is 32.8. The average molecular weight is 606 g/mol. The minimum absolute atomic E-state index is 0.0300. The second kappa shape index (κ2) is 9.93. The summed E-state index contributed by atoms with van der Waals surface area (Å²) in [7, 11) is 0. The molecule has 5 rings (SSSR count). The predicted molar refractivity (Wildman–Crippen MR) is 174 cm³/mol. The highest BCUT2D eigenvalue weighted by Gasteiger charge is 2.61. The Morgan fingerprint density at radius 2 is 1.57 bits per heavy atom. The van der Waals surface area contributed by atoms with Crippen LogP contribution in [-0.4, -0.2) is 6.04 Å². The van der Waals surface area contributed by atoms with Crippen molar-refractivity contribution in [2.24, 2.45) is 16.7 Å². The highest BCUT2D eigenvalue weighted by molar-refractivity contribution is 9.10. The molecule has 0 radical (unpaired) electrons. The van der Waals surface area contributed by atoms with Gasteiger partial charge in [0, 0.05) is 26.4 Å². The number of ether oxygens (including phenoxy) is 1. The van der Waals surface area contributed by atoms with Crippen molar-refractivity contribution in [1.82, 2.24) is 0 Å². The second-order valence-electron chi connectivity index (χ2n) is 15.2. The maximum atomic E-state index is 8.42. The SMILES string of the molecule is [2H]C([2H])([2H])c1cc(Oc2cccc(C(C)(C)C)c2)cc(N(c2cc(C(C)(C)C)ccc2Br)C2C3(C)CCC(C3)C2(C)C)c1. The van der Waals surface area contributed by atoms with E-state index in [1.54, 1.807) is 6.07 Å². The van der Waals surface area contributed by atoms with Crippen LogP contribution in [0.2, 0.25) is 0 Å². The summed E-state index contributed by atoms with van der Waals surface area (Å²) in [6.07, 6.45) is 3.59. The fourth-order valence-corrected chi connectivity index (χ4v) is 7.89. The lowest BCUT2D eigenvalue weighted by Crippen LogP contribution is -2.51. The van der Waals surface area contributed by atoms with Crippen LogP contribution in [-0.2, 0) is 10.8 Å². The lowest BCUT2D eigenvalue weighted by Gasteiger charge is -2.50. The van der Waals surface area contributed by atoms with Gasteiger partial charge in [-0.05, 0) is 123 Å². The molecule has 2 aliphatic rings. The fourth-order valence-electron chi connectivity index (χ4n) is 7.45. The molecule has 0 spiro atoms. The van der Waals surface area contributed by atoms with Crippen molar-refractivity contribution in [2.75, 3.05) is 4.90 Å². The summed E-state index contributed by atoms with van der Waals surface area (Å²) in [4.78, 5) is 2.45. The van der Waals surface area contributed by atoms with E-state index in [-0.39, 0.29) is 33.3 Å². The Balaban J connectivity index is 1.73. The summed E-state index contributed by atoms with van der Waals surface area (Å²) in [6, 6.07) is 20.5. The first-order chi connectivity index (χ1) is 19.7. The Labute approximate surface area is 255 Å². The van der Waals surface area contributed by atoms with Crippen molar-refractivity contribution in [3.63, 3.8) is 0 Å². The normalized spacial score (nSPS) is 25.3. The fraction of sp³-hybridized carbons (Fsp3) is 0.514. The maximum Gasteiger partial charge on any atom is 0.129 e. The summed E-state index contributed by atoms with van der Waals surface area (Å²) in [5.41, 5.74) is 4.67. The molecular formula is C37H48BrNO. The van der Waals surface area contributed by atoms with Crippen LogP contribution in [0.3, 0.4) is 0 Å². The van der Waals surface area contributed by atoms with E-state index in [2.05, 4.69) is 113 Å². The Morgan fingerprint density at radius 1 is 0.875 bits per heavy atom. The van der Waals surface area contributed by atoms with Crippen molar-refractivity contribution in [1.29, 1.82) is 0 Å². The summed E-state index contributed by atoms with van der Waals surface area (Å²) in [5, 5.41) is 0. The maximum absolute atomic E-state index is 8.42. The van der Waals surface area contributed by atoms with Crippen molar-refractivity contribution >= 4 is 27.3 Å². The minimum Gasteiger partial charge on any atom is -0.457 e. The molecule has 0 aromatic heterocycles. The Hall–Kier alpha value is -2.26. The molecule has 2 nitrogen and oxygen atoms in total. The van der Waals surface area contributed by atoms with Gasteiger partial charge in [-0.2, -0.15) is 0 Å². The van der Waals surface area contributed by atoms with E-state index in [4.69, 9.17) is 8.85 Å². The van der Waals surface area contributed by atoms with Crippen LogP contribution in [0.15, 0.2) is 65.1 Å². The Bertz CT molecular complexity index is 1510. The van der Waals surface area contributed by atoms with E-state index < -0.39 is 6.85 Å². The van der Waals surface area contributed by atoms with Gasteiger partial charge in [0.1, 0.15) is 11.5 Å². The van der Waals surface area contributed by atoms with Crippen LogP contribution in [0, 0.1) is 23.6 Å². The molecule has 3 heteroatoms. The number of rotatable bonds is 5. The monoisotopic (exact) mass is 604 g/mol. The number of benzene rings is 3. The summed E-state index contributed by atoms with van der Waals surface area (Å²) in [5.74, 6) is 1.86. The van der Waals surface area contributed by atoms with Crippen molar-refractivity contribution in [3.05, 3.63) is 81.8 Å². The Kier molecular flexibility index (Phi) is 6.32. The van der Waals surface area contributed by atoms with Crippen LogP contribution >= 0.6 is 15.9 Å². The predicted octanol–water partition coefficient (Wildman–Crippen LogP) is 11.5. The molecule has 214 valence electrons. The largest absolute Gasteiger partial charge is 0.457 e. The van der Waals surface area contributed by atoms with E-state index in [1.807, 2.05) is 24.3 Å². The van der Waals surface area contributed by atoms with Gasteiger partial charge in [-0.3, -0.25) is 0 Å². The number of halogens is 1. The lowest BCUT2D eigenvalue weighted by atomic mass is 9.67. The molecule has 3 atom stereocenters. The lowest BCUT2D eigenvalue weighted by molar-refractivity contribution is 0.140. The van der Waals surface area contributed by atoms with Crippen molar-refractivity contribution in [3.8, 4) is 11.5 Å². The molecule has 2 bridgehead atoms. The molecule has 40 heavy (non-hydrogen) atoms. The van der Waals surface area contributed by atoms with Crippen LogP contribution in [0.4, 0.5) is 11.4 Å². The minimum atomic E-state index is -2.29. The van der Waals surface area contributed by atoms with Gasteiger partial charge < -0.3 is 9.64 Å². The second-order valence-corrected chi connectivity index (χ2v) is 16.1. The van der Waals surface area contributed by atoms with Gasteiger partial charge in [-0.1, -0.05) is 80.5 Å². The number of hydrogen-bond acceptors (Lipinski definition) is 2. The van der Waals surface area contributed by atoms with E-state index in [0.717, 1.165) is 15.8 Å². The highest BCUT2D eigenvalue weighted by atomic mass is 79.9. The van der Waals surface area contributed by atoms with Gasteiger partial charge in [0.05, 0.1) is 5.69 Å². The first-order valence-electron chi connectivity index (χ1n) is 16.2. The smallest absolute Gasteiger partial charge is 0.129 e. The molecule has 3 aromatic carbocycles. The quantitative estimate of drug-likeness (QED) is 0.287. The number of fused-ring (bicyclic) bond motifs is 2. The number of nitrogens with zero attached hydrogens (tertiary/aromatic N) is 1. The molecule has 2 aliphatic carbocycles. The van der Waals surface area contributed by atoms with Gasteiger partial charge in [0.25, 0.3) is 0 Å². The van der Waals surface area contributed by atoms with E-state index in [9.17, 15) is 0 Å². The first kappa shape index (κ1) is 25.5. The molecule has 0 aliphatic heterocycles. The zero-order valence-corrected chi connectivity index (χ0v) is 27.4. The number of hydrogen-bond donors (Lipinski definition) is 0. The van der Waals surface area contributed by atoms with Gasteiger partial charge in [0.2, 0.25) is 0 Å². The molecule has 0 N–H and O–H groups in total. The summed E-state index contributed by atoms with van der Waals surface area (Å²) in [6.45, 7) is 18.2. The zero-order valence-electron chi connectivity index (χ0n) is 28.8. The number of anilines is 2. The molecule has 0 heterocycles. The molecule has 0 amide bonds. The third kappa shape index (κ3) is 5.36. The van der Waals surface area contributed by atoms with Gasteiger partial charge in [-0.25, -0.2) is 0 Å². The topological polar surface area (TPSA) is 12.5 Å². The zero-order chi connectivity index (χ0) is 31.8. The van der Waals surface area contributed by atoms with Crippen LogP contribution in [0.1, 0.15) is 102 Å².